The van der Waals surface area contributed by atoms with E-state index in [9.17, 15) is 4.79 Å². The molecule has 1 rings (SSSR count). The molecule has 0 N–H and O–H groups in total. The zero-order valence-electron chi connectivity index (χ0n) is 8.16. The normalized spacial score (nSPS) is 28.8. The van der Waals surface area contributed by atoms with Gasteiger partial charge in [-0.15, -0.1) is 0 Å². The van der Waals surface area contributed by atoms with Gasteiger partial charge in [-0.1, -0.05) is 13.5 Å². The Balaban J connectivity index is 2.22. The molecule has 1 fully saturated rings. The fraction of sp³-hybridized carbons (Fsp3) is 0.700. The third-order valence-electron chi connectivity index (χ3n) is 2.31. The Hall–Kier alpha value is -0.830. The van der Waals surface area contributed by atoms with Crippen LogP contribution in [0.5, 0.6) is 0 Å². The standard InChI is InChI=1S/C10H16O3/c1-4-8-6-9(13-8)7(3)12-10(11)5-2/h5,7-9H,2,4,6H2,1,3H3. The second-order valence-electron chi connectivity index (χ2n) is 3.29. The van der Waals surface area contributed by atoms with E-state index in [-0.39, 0.29) is 18.2 Å². The lowest BCUT2D eigenvalue weighted by atomic mass is 9.99. The van der Waals surface area contributed by atoms with Crippen LogP contribution in [0, 0.1) is 0 Å². The van der Waals surface area contributed by atoms with Crippen molar-refractivity contribution >= 4 is 5.97 Å². The van der Waals surface area contributed by atoms with Gasteiger partial charge in [0.2, 0.25) is 0 Å². The van der Waals surface area contributed by atoms with Gasteiger partial charge < -0.3 is 9.47 Å². The fourth-order valence-corrected chi connectivity index (χ4v) is 1.37. The van der Waals surface area contributed by atoms with E-state index in [0.717, 1.165) is 12.8 Å². The quantitative estimate of drug-likeness (QED) is 0.492. The van der Waals surface area contributed by atoms with E-state index in [1.165, 1.54) is 6.08 Å². The van der Waals surface area contributed by atoms with Crippen molar-refractivity contribution in [2.75, 3.05) is 0 Å². The van der Waals surface area contributed by atoms with E-state index in [0.29, 0.717) is 6.10 Å². The molecule has 3 nitrogen and oxygen atoms in total. The molecule has 0 saturated carbocycles. The molecule has 1 aliphatic rings. The average Bonchev–Trinajstić information content (AvgIpc) is 2.02. The highest BCUT2D eigenvalue weighted by molar-refractivity contribution is 5.81. The number of ether oxygens (including phenoxy) is 2. The Morgan fingerprint density at radius 2 is 2.46 bits per heavy atom. The predicted molar refractivity (Wildman–Crippen MR) is 49.3 cm³/mol. The maximum Gasteiger partial charge on any atom is 0.330 e. The molecular formula is C10H16O3. The molecule has 1 aliphatic heterocycles. The number of rotatable bonds is 4. The van der Waals surface area contributed by atoms with E-state index >= 15 is 0 Å². The Kier molecular flexibility index (Phi) is 3.48. The molecule has 0 bridgehead atoms. The van der Waals surface area contributed by atoms with Gasteiger partial charge in [-0.3, -0.25) is 0 Å². The van der Waals surface area contributed by atoms with Gasteiger partial charge in [0.05, 0.1) is 12.2 Å². The van der Waals surface area contributed by atoms with E-state index in [4.69, 9.17) is 9.47 Å². The summed E-state index contributed by atoms with van der Waals surface area (Å²) in [4.78, 5) is 10.8. The van der Waals surface area contributed by atoms with Crippen molar-refractivity contribution in [3.63, 3.8) is 0 Å². The number of hydrogen-bond acceptors (Lipinski definition) is 3. The summed E-state index contributed by atoms with van der Waals surface area (Å²) in [5.41, 5.74) is 0. The summed E-state index contributed by atoms with van der Waals surface area (Å²) in [6.07, 6.45) is 3.46. The molecule has 3 heteroatoms. The van der Waals surface area contributed by atoms with Crippen LogP contribution >= 0.6 is 0 Å². The van der Waals surface area contributed by atoms with Crippen molar-refractivity contribution in [1.82, 2.24) is 0 Å². The van der Waals surface area contributed by atoms with Crippen LogP contribution in [-0.4, -0.2) is 24.3 Å². The second-order valence-corrected chi connectivity index (χ2v) is 3.29. The Morgan fingerprint density at radius 1 is 1.85 bits per heavy atom. The van der Waals surface area contributed by atoms with Gasteiger partial charge in [-0.05, 0) is 13.3 Å². The Labute approximate surface area is 78.7 Å². The van der Waals surface area contributed by atoms with Gasteiger partial charge in [-0.25, -0.2) is 4.79 Å². The van der Waals surface area contributed by atoms with Gasteiger partial charge in [0, 0.05) is 12.5 Å². The lowest BCUT2D eigenvalue weighted by Crippen LogP contribution is -2.45. The molecule has 0 spiro atoms. The molecule has 3 atom stereocenters. The second kappa shape index (κ2) is 4.42. The van der Waals surface area contributed by atoms with Gasteiger partial charge in [0.1, 0.15) is 6.10 Å². The van der Waals surface area contributed by atoms with Crippen LogP contribution in [-0.2, 0) is 14.3 Å². The first-order valence-electron chi connectivity index (χ1n) is 4.65. The zero-order valence-corrected chi connectivity index (χ0v) is 8.16. The smallest absolute Gasteiger partial charge is 0.330 e. The first kappa shape index (κ1) is 10.3. The van der Waals surface area contributed by atoms with Crippen LogP contribution in [0.2, 0.25) is 0 Å². The van der Waals surface area contributed by atoms with Crippen LogP contribution in [0.3, 0.4) is 0 Å². The summed E-state index contributed by atoms with van der Waals surface area (Å²) in [5, 5.41) is 0. The SMILES string of the molecule is C=CC(=O)OC(C)C1CC(CC)O1. The molecule has 0 aromatic heterocycles. The molecule has 0 radical (unpaired) electrons. The maximum absolute atomic E-state index is 10.8. The number of hydrogen-bond donors (Lipinski definition) is 0. The number of esters is 1. The molecule has 1 heterocycles. The molecule has 13 heavy (non-hydrogen) atoms. The van der Waals surface area contributed by atoms with Crippen molar-refractivity contribution in [3.8, 4) is 0 Å². The third-order valence-corrected chi connectivity index (χ3v) is 2.31. The molecule has 1 saturated heterocycles. The first-order chi connectivity index (χ1) is 6.17. The summed E-state index contributed by atoms with van der Waals surface area (Å²) in [5.74, 6) is -0.379. The zero-order chi connectivity index (χ0) is 9.84. The summed E-state index contributed by atoms with van der Waals surface area (Å²) >= 11 is 0. The molecule has 0 amide bonds. The Morgan fingerprint density at radius 3 is 2.92 bits per heavy atom. The molecule has 0 aromatic rings. The summed E-state index contributed by atoms with van der Waals surface area (Å²) in [6, 6.07) is 0. The van der Waals surface area contributed by atoms with Crippen LogP contribution in [0.1, 0.15) is 26.7 Å². The number of carbonyl (C=O) groups excluding carboxylic acids is 1. The van der Waals surface area contributed by atoms with Gasteiger partial charge >= 0.3 is 5.97 Å². The van der Waals surface area contributed by atoms with E-state index in [1.807, 2.05) is 6.92 Å². The van der Waals surface area contributed by atoms with Crippen molar-refractivity contribution in [2.24, 2.45) is 0 Å². The van der Waals surface area contributed by atoms with E-state index < -0.39 is 0 Å². The van der Waals surface area contributed by atoms with Gasteiger partial charge in [0.25, 0.3) is 0 Å². The first-order valence-corrected chi connectivity index (χ1v) is 4.65. The van der Waals surface area contributed by atoms with Gasteiger partial charge in [-0.2, -0.15) is 0 Å². The third kappa shape index (κ3) is 2.56. The van der Waals surface area contributed by atoms with Crippen LogP contribution in [0.4, 0.5) is 0 Å². The van der Waals surface area contributed by atoms with Crippen LogP contribution in [0.25, 0.3) is 0 Å². The highest BCUT2D eigenvalue weighted by Crippen LogP contribution is 2.26. The summed E-state index contributed by atoms with van der Waals surface area (Å²) in [7, 11) is 0. The lowest BCUT2D eigenvalue weighted by Gasteiger charge is -2.38. The Bertz CT molecular complexity index is 194. The van der Waals surface area contributed by atoms with Crippen LogP contribution in [0.15, 0.2) is 12.7 Å². The summed E-state index contributed by atoms with van der Waals surface area (Å²) < 4.78 is 10.5. The summed E-state index contributed by atoms with van der Waals surface area (Å²) in [6.45, 7) is 7.26. The predicted octanol–water partition coefficient (Wildman–Crippen LogP) is 1.67. The average molecular weight is 184 g/mol. The monoisotopic (exact) mass is 184 g/mol. The minimum atomic E-state index is -0.379. The highest BCUT2D eigenvalue weighted by atomic mass is 16.6. The van der Waals surface area contributed by atoms with E-state index in [1.54, 1.807) is 0 Å². The number of carbonyl (C=O) groups is 1. The molecule has 3 unspecified atom stereocenters. The van der Waals surface area contributed by atoms with E-state index in [2.05, 4.69) is 13.5 Å². The molecule has 0 aliphatic carbocycles. The topological polar surface area (TPSA) is 35.5 Å². The fourth-order valence-electron chi connectivity index (χ4n) is 1.37. The minimum Gasteiger partial charge on any atom is -0.457 e. The van der Waals surface area contributed by atoms with Crippen molar-refractivity contribution in [3.05, 3.63) is 12.7 Å². The molecule has 0 aromatic carbocycles. The molecular weight excluding hydrogens is 168 g/mol. The highest BCUT2D eigenvalue weighted by Gasteiger charge is 2.34. The van der Waals surface area contributed by atoms with Gasteiger partial charge in [0.15, 0.2) is 0 Å². The largest absolute Gasteiger partial charge is 0.457 e. The molecule has 74 valence electrons. The lowest BCUT2D eigenvalue weighted by molar-refractivity contribution is -0.186. The van der Waals surface area contributed by atoms with Crippen molar-refractivity contribution in [2.45, 2.75) is 45.0 Å². The minimum absolute atomic E-state index is 0.0776. The van der Waals surface area contributed by atoms with Crippen molar-refractivity contribution < 1.29 is 14.3 Å². The van der Waals surface area contributed by atoms with Crippen molar-refractivity contribution in [1.29, 1.82) is 0 Å². The van der Waals surface area contributed by atoms with Crippen LogP contribution < -0.4 is 0 Å². The maximum atomic E-state index is 10.8.